The topological polar surface area (TPSA) is 49.9 Å². The van der Waals surface area contributed by atoms with Crippen LogP contribution in [0.2, 0.25) is 0 Å². The standard InChI is InChI=1S/C25H22N2O3/c1-16-10-9-11-17(2)21(16)26-24(28)20-22(18-12-5-3-6-13-18)27(30-23(20)25(26)29)19-14-7-4-8-15-19/h3-15,20,22-23H,1-2H3/t20-,22-,23+/m0/s1. The zero-order chi connectivity index (χ0) is 20.8. The van der Waals surface area contributed by atoms with Crippen LogP contribution < -0.4 is 9.96 Å². The molecular weight excluding hydrogens is 376 g/mol. The number of carbonyl (C=O) groups excluding carboxylic acids is 2. The van der Waals surface area contributed by atoms with E-state index in [9.17, 15) is 9.59 Å². The molecule has 2 amide bonds. The number of hydrogen-bond acceptors (Lipinski definition) is 4. The fourth-order valence-electron chi connectivity index (χ4n) is 4.58. The molecule has 2 saturated heterocycles. The Bertz CT molecular complexity index is 1090. The van der Waals surface area contributed by atoms with Crippen molar-refractivity contribution in [2.75, 3.05) is 9.96 Å². The van der Waals surface area contributed by atoms with Crippen LogP contribution in [0.4, 0.5) is 11.4 Å². The molecular formula is C25H22N2O3. The van der Waals surface area contributed by atoms with E-state index in [-0.39, 0.29) is 17.9 Å². The monoisotopic (exact) mass is 398 g/mol. The number of carbonyl (C=O) groups is 2. The first-order chi connectivity index (χ1) is 14.6. The lowest BCUT2D eigenvalue weighted by Gasteiger charge is -2.29. The average Bonchev–Trinajstić information content (AvgIpc) is 3.27. The van der Waals surface area contributed by atoms with E-state index in [1.165, 1.54) is 4.90 Å². The average molecular weight is 398 g/mol. The molecule has 0 bridgehead atoms. The Kier molecular flexibility index (Phi) is 4.40. The number of rotatable bonds is 3. The van der Waals surface area contributed by atoms with E-state index in [1.807, 2.05) is 92.7 Å². The van der Waals surface area contributed by atoms with Gasteiger partial charge in [-0.15, -0.1) is 0 Å². The first kappa shape index (κ1) is 18.6. The van der Waals surface area contributed by atoms with Crippen molar-refractivity contribution in [2.24, 2.45) is 5.92 Å². The third-order valence-corrected chi connectivity index (χ3v) is 5.93. The number of amides is 2. The minimum atomic E-state index is -0.845. The van der Waals surface area contributed by atoms with Gasteiger partial charge >= 0.3 is 0 Å². The van der Waals surface area contributed by atoms with E-state index >= 15 is 0 Å². The molecule has 150 valence electrons. The number of fused-ring (bicyclic) bond motifs is 1. The van der Waals surface area contributed by atoms with E-state index in [1.54, 1.807) is 5.06 Å². The molecule has 3 aromatic rings. The summed E-state index contributed by atoms with van der Waals surface area (Å²) in [5.74, 6) is -1.13. The predicted molar refractivity (Wildman–Crippen MR) is 115 cm³/mol. The number of nitrogens with zero attached hydrogens (tertiary/aromatic N) is 2. The molecule has 2 aliphatic rings. The van der Waals surface area contributed by atoms with Crippen LogP contribution in [0.25, 0.3) is 0 Å². The Morgan fingerprint density at radius 2 is 1.33 bits per heavy atom. The molecule has 3 atom stereocenters. The molecule has 0 aromatic heterocycles. The quantitative estimate of drug-likeness (QED) is 0.616. The van der Waals surface area contributed by atoms with E-state index < -0.39 is 12.0 Å². The molecule has 0 saturated carbocycles. The number of hydroxylamine groups is 1. The molecule has 3 aromatic carbocycles. The van der Waals surface area contributed by atoms with Crippen molar-refractivity contribution < 1.29 is 14.4 Å². The lowest BCUT2D eigenvalue weighted by atomic mass is 9.90. The molecule has 5 rings (SSSR count). The first-order valence-electron chi connectivity index (χ1n) is 10.1. The van der Waals surface area contributed by atoms with Crippen LogP contribution in [0.15, 0.2) is 78.9 Å². The predicted octanol–water partition coefficient (Wildman–Crippen LogP) is 4.35. The summed E-state index contributed by atoms with van der Waals surface area (Å²) in [6.45, 7) is 3.84. The van der Waals surface area contributed by atoms with E-state index in [0.29, 0.717) is 5.69 Å². The molecule has 0 aliphatic carbocycles. The molecule has 2 heterocycles. The molecule has 2 aliphatic heterocycles. The van der Waals surface area contributed by atoms with Crippen molar-refractivity contribution in [3.63, 3.8) is 0 Å². The maximum Gasteiger partial charge on any atom is 0.266 e. The molecule has 30 heavy (non-hydrogen) atoms. The number of benzene rings is 3. The van der Waals surface area contributed by atoms with Crippen molar-refractivity contribution in [1.29, 1.82) is 0 Å². The van der Waals surface area contributed by atoms with Crippen LogP contribution in [0.3, 0.4) is 0 Å². The van der Waals surface area contributed by atoms with Crippen LogP contribution in [0.5, 0.6) is 0 Å². The molecule has 2 fully saturated rings. The van der Waals surface area contributed by atoms with Gasteiger partial charge in [0.15, 0.2) is 6.10 Å². The van der Waals surface area contributed by atoms with Gasteiger partial charge in [-0.3, -0.25) is 14.4 Å². The van der Waals surface area contributed by atoms with Crippen molar-refractivity contribution in [3.05, 3.63) is 95.6 Å². The summed E-state index contributed by atoms with van der Waals surface area (Å²) in [6, 6.07) is 24.8. The van der Waals surface area contributed by atoms with Crippen molar-refractivity contribution in [3.8, 4) is 0 Å². The lowest BCUT2D eigenvalue weighted by Crippen LogP contribution is -2.38. The molecule has 5 heteroatoms. The fraction of sp³-hybridized carbons (Fsp3) is 0.200. The number of hydrogen-bond donors (Lipinski definition) is 0. The second kappa shape index (κ2) is 7.11. The van der Waals surface area contributed by atoms with Crippen LogP contribution in [-0.4, -0.2) is 17.9 Å². The Balaban J connectivity index is 1.61. The number of para-hydroxylation sites is 2. The van der Waals surface area contributed by atoms with Crippen molar-refractivity contribution in [1.82, 2.24) is 0 Å². The number of imide groups is 1. The minimum Gasteiger partial charge on any atom is -0.273 e. The SMILES string of the molecule is Cc1cccc(C)c1N1C(=O)[C@@H]2[C@@H](ON(c3ccccc3)[C@H]2c2ccccc2)C1=O. The summed E-state index contributed by atoms with van der Waals surface area (Å²) >= 11 is 0. The van der Waals surface area contributed by atoms with Crippen LogP contribution >= 0.6 is 0 Å². The largest absolute Gasteiger partial charge is 0.273 e. The summed E-state index contributed by atoms with van der Waals surface area (Å²) in [5.41, 5.74) is 4.22. The Morgan fingerprint density at radius 3 is 1.97 bits per heavy atom. The van der Waals surface area contributed by atoms with Crippen LogP contribution in [-0.2, 0) is 14.4 Å². The van der Waals surface area contributed by atoms with Gasteiger partial charge in [0, 0.05) is 0 Å². The molecule has 0 radical (unpaired) electrons. The van der Waals surface area contributed by atoms with Gasteiger partial charge in [-0.2, -0.15) is 0 Å². The maximum absolute atomic E-state index is 13.7. The summed E-state index contributed by atoms with van der Waals surface area (Å²) < 4.78 is 0. The highest BCUT2D eigenvalue weighted by molar-refractivity contribution is 6.24. The fourth-order valence-corrected chi connectivity index (χ4v) is 4.58. The third kappa shape index (κ3) is 2.74. The van der Waals surface area contributed by atoms with Crippen molar-refractivity contribution >= 4 is 23.2 Å². The first-order valence-corrected chi connectivity index (χ1v) is 10.1. The summed E-state index contributed by atoms with van der Waals surface area (Å²) in [7, 11) is 0. The van der Waals surface area contributed by atoms with Gasteiger partial charge in [0.05, 0.1) is 17.4 Å². The zero-order valence-corrected chi connectivity index (χ0v) is 16.9. The number of anilines is 2. The highest BCUT2D eigenvalue weighted by Crippen LogP contribution is 2.48. The second-order valence-electron chi connectivity index (χ2n) is 7.82. The van der Waals surface area contributed by atoms with Gasteiger partial charge in [-0.25, -0.2) is 9.96 Å². The molecule has 0 N–H and O–H groups in total. The van der Waals surface area contributed by atoms with Crippen molar-refractivity contribution in [2.45, 2.75) is 26.0 Å². The highest BCUT2D eigenvalue weighted by Gasteiger charge is 2.60. The molecule has 0 unspecified atom stereocenters. The third-order valence-electron chi connectivity index (χ3n) is 5.93. The Morgan fingerprint density at radius 1 is 0.733 bits per heavy atom. The highest BCUT2D eigenvalue weighted by atomic mass is 16.7. The van der Waals surface area contributed by atoms with Gasteiger partial charge in [0.2, 0.25) is 5.91 Å². The van der Waals surface area contributed by atoms with Gasteiger partial charge < -0.3 is 0 Å². The summed E-state index contributed by atoms with van der Waals surface area (Å²) in [4.78, 5) is 34.6. The Hall–Kier alpha value is -3.44. The maximum atomic E-state index is 13.7. The summed E-state index contributed by atoms with van der Waals surface area (Å²) in [6.07, 6.45) is -0.845. The van der Waals surface area contributed by atoms with Gasteiger partial charge in [0.25, 0.3) is 5.91 Å². The summed E-state index contributed by atoms with van der Waals surface area (Å²) in [5, 5.41) is 1.72. The number of aryl methyl sites for hydroxylation is 2. The van der Waals surface area contributed by atoms with E-state index in [0.717, 1.165) is 22.4 Å². The zero-order valence-electron chi connectivity index (χ0n) is 16.9. The molecule has 0 spiro atoms. The van der Waals surface area contributed by atoms with Gasteiger partial charge in [-0.1, -0.05) is 66.7 Å². The van der Waals surface area contributed by atoms with Crippen LogP contribution in [0, 0.1) is 19.8 Å². The smallest absolute Gasteiger partial charge is 0.266 e. The van der Waals surface area contributed by atoms with Gasteiger partial charge in [-0.05, 0) is 42.7 Å². The van der Waals surface area contributed by atoms with Gasteiger partial charge in [0.1, 0.15) is 5.92 Å². The van der Waals surface area contributed by atoms with Crippen LogP contribution in [0.1, 0.15) is 22.7 Å². The minimum absolute atomic E-state index is 0.213. The lowest BCUT2D eigenvalue weighted by molar-refractivity contribution is -0.126. The molecule has 5 nitrogen and oxygen atoms in total. The Labute approximate surface area is 175 Å². The second-order valence-corrected chi connectivity index (χ2v) is 7.82. The normalized spacial score (nSPS) is 23.2. The van der Waals surface area contributed by atoms with E-state index in [4.69, 9.17) is 4.84 Å². The van der Waals surface area contributed by atoms with E-state index in [2.05, 4.69) is 0 Å².